The van der Waals surface area contributed by atoms with Crippen molar-refractivity contribution in [3.05, 3.63) is 108 Å². The number of fused-ring (bicyclic) bond motifs is 1. The molecule has 0 aliphatic carbocycles. The maximum Gasteiger partial charge on any atom is 0.132 e. The molecule has 0 saturated carbocycles. The van der Waals surface area contributed by atoms with Crippen LogP contribution in [0, 0.1) is 0 Å². The van der Waals surface area contributed by atoms with Crippen molar-refractivity contribution in [1.29, 1.82) is 0 Å². The summed E-state index contributed by atoms with van der Waals surface area (Å²) in [4.78, 5) is 12.7. The molecule has 1 aliphatic rings. The molecule has 1 saturated heterocycles. The molecule has 3 aromatic carbocycles. The molecule has 0 bridgehead atoms. The second-order valence-electron chi connectivity index (χ2n) is 9.86. The van der Waals surface area contributed by atoms with Crippen LogP contribution in [-0.4, -0.2) is 57.6 Å². The average molecular weight is 489 g/mol. The number of rotatable bonds is 7. The van der Waals surface area contributed by atoms with Crippen LogP contribution in [-0.2, 0) is 13.0 Å². The summed E-state index contributed by atoms with van der Waals surface area (Å²) >= 11 is 0. The maximum absolute atomic E-state index is 11.4. The van der Waals surface area contributed by atoms with E-state index in [1.165, 1.54) is 11.1 Å². The normalized spacial score (nSPS) is 14.8. The fourth-order valence-electron chi connectivity index (χ4n) is 5.39. The van der Waals surface area contributed by atoms with Crippen molar-refractivity contribution in [2.24, 2.45) is 0 Å². The summed E-state index contributed by atoms with van der Waals surface area (Å²) in [5.41, 5.74) is 7.34. The lowest BCUT2D eigenvalue weighted by Crippen LogP contribution is -2.46. The smallest absolute Gasteiger partial charge is 0.132 e. The van der Waals surface area contributed by atoms with Crippen LogP contribution >= 0.6 is 0 Å². The fraction of sp³-hybridized carbons (Fsp3) is 0.219. The van der Waals surface area contributed by atoms with E-state index in [9.17, 15) is 5.11 Å². The molecule has 3 heterocycles. The number of aromatic hydroxyl groups is 1. The van der Waals surface area contributed by atoms with Gasteiger partial charge in [-0.1, -0.05) is 66.7 Å². The Bertz CT molecular complexity index is 1450. The van der Waals surface area contributed by atoms with Crippen LogP contribution in [0.4, 0.5) is 0 Å². The number of nitrogens with zero attached hydrogens (tertiary/aromatic N) is 3. The summed E-state index contributed by atoms with van der Waals surface area (Å²) in [7, 11) is 0. The molecule has 1 aliphatic heterocycles. The molecule has 6 rings (SSSR count). The Morgan fingerprint density at radius 3 is 2.32 bits per heavy atom. The number of hydrogen-bond acceptors (Lipinski definition) is 4. The minimum Gasteiger partial charge on any atom is -0.507 e. The third-order valence-corrected chi connectivity index (χ3v) is 7.47. The molecule has 0 radical (unpaired) electrons. The van der Waals surface area contributed by atoms with Gasteiger partial charge in [-0.3, -0.25) is 9.88 Å². The highest BCUT2D eigenvalue weighted by Gasteiger charge is 2.19. The van der Waals surface area contributed by atoms with E-state index in [-0.39, 0.29) is 0 Å². The highest BCUT2D eigenvalue weighted by molar-refractivity contribution is 5.89. The van der Waals surface area contributed by atoms with Crippen molar-refractivity contribution in [1.82, 2.24) is 19.8 Å². The van der Waals surface area contributed by atoms with Crippen molar-refractivity contribution in [3.8, 4) is 28.1 Å². The lowest BCUT2D eigenvalue weighted by Gasteiger charge is -2.34. The first-order valence-electron chi connectivity index (χ1n) is 13.1. The van der Waals surface area contributed by atoms with Gasteiger partial charge in [-0.15, -0.1) is 0 Å². The Balaban J connectivity index is 1.16. The largest absolute Gasteiger partial charge is 0.507 e. The Morgan fingerprint density at radius 2 is 1.49 bits per heavy atom. The number of phenolic OH excluding ortho intramolecular Hbond substituents is 1. The van der Waals surface area contributed by atoms with E-state index in [4.69, 9.17) is 0 Å². The van der Waals surface area contributed by atoms with Crippen LogP contribution in [0.2, 0.25) is 0 Å². The maximum atomic E-state index is 11.4. The zero-order valence-electron chi connectivity index (χ0n) is 21.0. The Hall–Kier alpha value is -3.93. The Morgan fingerprint density at radius 1 is 0.757 bits per heavy atom. The van der Waals surface area contributed by atoms with Gasteiger partial charge in [-0.25, -0.2) is 0 Å². The number of benzene rings is 3. The highest BCUT2D eigenvalue weighted by Crippen LogP contribution is 2.39. The topological polar surface area (TPSA) is 55.4 Å². The quantitative estimate of drug-likeness (QED) is 0.297. The molecule has 5 heteroatoms. The molecule has 186 valence electrons. The lowest BCUT2D eigenvalue weighted by atomic mass is 9.94. The molecular weight excluding hydrogens is 456 g/mol. The third kappa shape index (κ3) is 5.15. The van der Waals surface area contributed by atoms with Crippen molar-refractivity contribution in [2.75, 3.05) is 32.7 Å². The number of phenols is 1. The van der Waals surface area contributed by atoms with Crippen molar-refractivity contribution in [3.63, 3.8) is 0 Å². The van der Waals surface area contributed by atoms with E-state index in [0.29, 0.717) is 5.75 Å². The minimum absolute atomic E-state index is 0.309. The van der Waals surface area contributed by atoms with E-state index in [0.717, 1.165) is 79.0 Å². The summed E-state index contributed by atoms with van der Waals surface area (Å²) in [6, 6.07) is 29.2. The van der Waals surface area contributed by atoms with Crippen LogP contribution in [0.25, 0.3) is 33.3 Å². The van der Waals surface area contributed by atoms with Gasteiger partial charge in [0, 0.05) is 73.7 Å². The van der Waals surface area contributed by atoms with Gasteiger partial charge >= 0.3 is 0 Å². The van der Waals surface area contributed by atoms with E-state index >= 15 is 0 Å². The van der Waals surface area contributed by atoms with Crippen LogP contribution in [0.1, 0.15) is 11.1 Å². The van der Waals surface area contributed by atoms with E-state index in [2.05, 4.69) is 74.4 Å². The lowest BCUT2D eigenvalue weighted by molar-refractivity contribution is 0.128. The molecule has 1 fully saturated rings. The van der Waals surface area contributed by atoms with E-state index in [1.807, 2.05) is 36.5 Å². The molecule has 37 heavy (non-hydrogen) atoms. The SMILES string of the molecule is Oc1c(-c2cc3cnccc3[nH]2)cccc1-c1ccccc1CCN1CCN(Cc2ccccc2)CC1. The molecule has 0 unspecified atom stereocenters. The van der Waals surface area contributed by atoms with Crippen molar-refractivity contribution < 1.29 is 5.11 Å². The predicted octanol–water partition coefficient (Wildman–Crippen LogP) is 5.96. The van der Waals surface area contributed by atoms with Gasteiger partial charge in [0.15, 0.2) is 0 Å². The van der Waals surface area contributed by atoms with Gasteiger partial charge < -0.3 is 15.0 Å². The van der Waals surface area contributed by atoms with Crippen LogP contribution < -0.4 is 0 Å². The third-order valence-electron chi connectivity index (χ3n) is 7.47. The molecule has 0 atom stereocenters. The first-order valence-corrected chi connectivity index (χ1v) is 13.1. The molecule has 2 aromatic heterocycles. The number of piperazine rings is 1. The van der Waals surface area contributed by atoms with Crippen LogP contribution in [0.3, 0.4) is 0 Å². The molecule has 0 spiro atoms. The van der Waals surface area contributed by atoms with Gasteiger partial charge in [-0.05, 0) is 41.3 Å². The average Bonchev–Trinajstić information content (AvgIpc) is 3.38. The number of H-pyrrole nitrogens is 1. The zero-order valence-corrected chi connectivity index (χ0v) is 21.0. The molecule has 0 amide bonds. The molecule has 5 aromatic rings. The molecular formula is C32H32N4O. The van der Waals surface area contributed by atoms with Gasteiger partial charge in [-0.2, -0.15) is 0 Å². The van der Waals surface area contributed by atoms with Crippen molar-refractivity contribution >= 4 is 10.9 Å². The van der Waals surface area contributed by atoms with Crippen LogP contribution in [0.5, 0.6) is 5.75 Å². The van der Waals surface area contributed by atoms with Crippen LogP contribution in [0.15, 0.2) is 97.3 Å². The Labute approximate surface area is 218 Å². The Kier molecular flexibility index (Phi) is 6.72. The number of pyridine rings is 1. The monoisotopic (exact) mass is 488 g/mol. The summed E-state index contributed by atoms with van der Waals surface area (Å²) in [5, 5.41) is 12.4. The summed E-state index contributed by atoms with van der Waals surface area (Å²) in [6.45, 7) is 6.42. The zero-order chi connectivity index (χ0) is 25.0. The van der Waals surface area contributed by atoms with Gasteiger partial charge in [0.25, 0.3) is 0 Å². The van der Waals surface area contributed by atoms with Gasteiger partial charge in [0.05, 0.1) is 5.69 Å². The summed E-state index contributed by atoms with van der Waals surface area (Å²) in [5.74, 6) is 0.309. The number of aromatic nitrogens is 2. The summed E-state index contributed by atoms with van der Waals surface area (Å²) in [6.07, 6.45) is 4.57. The fourth-order valence-corrected chi connectivity index (χ4v) is 5.39. The number of nitrogens with one attached hydrogen (secondary N) is 1. The van der Waals surface area contributed by atoms with Gasteiger partial charge in [0.1, 0.15) is 5.75 Å². The predicted molar refractivity (Wildman–Crippen MR) is 150 cm³/mol. The number of para-hydroxylation sites is 1. The minimum atomic E-state index is 0.309. The second-order valence-corrected chi connectivity index (χ2v) is 9.86. The standard InChI is InChI=1S/C32H32N4O/c37-32-28(11-6-12-29(32)31-21-26-22-33-15-13-30(26)34-31)27-10-5-4-9-25(27)14-16-35-17-19-36(20-18-35)23-24-7-2-1-3-8-24/h1-13,15,21-22,34,37H,14,16-20,23H2. The van der Waals surface area contributed by atoms with Gasteiger partial charge in [0.2, 0.25) is 0 Å². The first-order chi connectivity index (χ1) is 18.2. The van der Waals surface area contributed by atoms with E-state index < -0.39 is 0 Å². The first kappa shape index (κ1) is 23.5. The second kappa shape index (κ2) is 10.6. The van der Waals surface area contributed by atoms with E-state index in [1.54, 1.807) is 6.20 Å². The molecule has 2 N–H and O–H groups in total. The number of hydrogen-bond donors (Lipinski definition) is 2. The molecule has 5 nitrogen and oxygen atoms in total. The van der Waals surface area contributed by atoms with Crippen molar-refractivity contribution in [2.45, 2.75) is 13.0 Å². The summed E-state index contributed by atoms with van der Waals surface area (Å²) < 4.78 is 0. The number of aromatic amines is 1. The highest BCUT2D eigenvalue weighted by atomic mass is 16.3.